The third kappa shape index (κ3) is 4.30. The van der Waals surface area contributed by atoms with Gasteiger partial charge in [-0.2, -0.15) is 0 Å². The molecule has 3 atom stereocenters. The van der Waals surface area contributed by atoms with Crippen LogP contribution in [0.4, 0.5) is 0 Å². The van der Waals surface area contributed by atoms with Gasteiger partial charge in [-0.3, -0.25) is 0 Å². The van der Waals surface area contributed by atoms with Crippen LogP contribution in [0.25, 0.3) is 0 Å². The highest BCUT2D eigenvalue weighted by Gasteiger charge is 2.26. The first-order valence-electron chi connectivity index (χ1n) is 7.21. The van der Waals surface area contributed by atoms with E-state index in [2.05, 4.69) is 35.6 Å². The van der Waals surface area contributed by atoms with E-state index in [0.29, 0.717) is 12.5 Å². The maximum absolute atomic E-state index is 6.16. The third-order valence-corrected chi connectivity index (χ3v) is 3.80. The van der Waals surface area contributed by atoms with Crippen LogP contribution in [-0.2, 0) is 9.47 Å². The fourth-order valence-corrected chi connectivity index (χ4v) is 2.59. The molecule has 0 aromatic heterocycles. The Bertz CT molecular complexity index is 349. The molecule has 0 amide bonds. The lowest BCUT2D eigenvalue weighted by Gasteiger charge is -2.31. The van der Waals surface area contributed by atoms with Crippen molar-refractivity contribution < 1.29 is 9.47 Å². The zero-order chi connectivity index (χ0) is 13.5. The Morgan fingerprint density at radius 1 is 1.32 bits per heavy atom. The van der Waals surface area contributed by atoms with Gasteiger partial charge in [0.1, 0.15) is 0 Å². The molecule has 0 saturated carbocycles. The molecule has 0 aliphatic carbocycles. The summed E-state index contributed by atoms with van der Waals surface area (Å²) in [6.45, 7) is 4.86. The zero-order valence-electron chi connectivity index (χ0n) is 12.0. The molecule has 1 N–H and O–H groups in total. The van der Waals surface area contributed by atoms with Gasteiger partial charge >= 0.3 is 0 Å². The molecule has 1 saturated heterocycles. The Morgan fingerprint density at radius 3 is 2.74 bits per heavy atom. The molecule has 3 nitrogen and oxygen atoms in total. The average Bonchev–Trinajstić information content (AvgIpc) is 2.49. The minimum absolute atomic E-state index is 0.141. The van der Waals surface area contributed by atoms with Crippen molar-refractivity contribution in [3.8, 4) is 0 Å². The summed E-state index contributed by atoms with van der Waals surface area (Å²) in [5.41, 5.74) is 1.28. The summed E-state index contributed by atoms with van der Waals surface area (Å²) in [7, 11) is 1.73. The molecule has 3 unspecified atom stereocenters. The molecule has 1 aromatic rings. The zero-order valence-corrected chi connectivity index (χ0v) is 12.0. The van der Waals surface area contributed by atoms with Crippen LogP contribution in [0.5, 0.6) is 0 Å². The molecule has 19 heavy (non-hydrogen) atoms. The van der Waals surface area contributed by atoms with E-state index in [0.717, 1.165) is 13.1 Å². The lowest BCUT2D eigenvalue weighted by atomic mass is 9.89. The summed E-state index contributed by atoms with van der Waals surface area (Å²) in [5, 5.41) is 3.48. The summed E-state index contributed by atoms with van der Waals surface area (Å²) in [6.07, 6.45) is 2.78. The summed E-state index contributed by atoms with van der Waals surface area (Å²) >= 11 is 0. The molecule has 1 aliphatic rings. The molecule has 1 aromatic carbocycles. The molecular formula is C16H25NO2. The van der Waals surface area contributed by atoms with Crippen molar-refractivity contribution in [2.24, 2.45) is 5.92 Å². The highest BCUT2D eigenvalue weighted by atomic mass is 16.5. The average molecular weight is 263 g/mol. The van der Waals surface area contributed by atoms with Crippen molar-refractivity contribution in [1.29, 1.82) is 0 Å². The number of ether oxygens (including phenoxy) is 2. The standard InChI is InChI=1S/C16H25NO2/c1-13(18-2)12-19-16(14-7-4-3-5-8-14)15-9-6-10-17-11-15/h3-5,7-8,13,15-17H,6,9-12H2,1-2H3. The molecule has 1 fully saturated rings. The Kier molecular flexibility index (Phi) is 5.83. The van der Waals surface area contributed by atoms with E-state index >= 15 is 0 Å². The smallest absolute Gasteiger partial charge is 0.0866 e. The fraction of sp³-hybridized carbons (Fsp3) is 0.625. The second-order valence-corrected chi connectivity index (χ2v) is 5.32. The maximum Gasteiger partial charge on any atom is 0.0866 e. The van der Waals surface area contributed by atoms with Crippen LogP contribution >= 0.6 is 0 Å². The van der Waals surface area contributed by atoms with Crippen LogP contribution in [-0.4, -0.2) is 32.9 Å². The lowest BCUT2D eigenvalue weighted by molar-refractivity contribution is -0.0477. The Hall–Kier alpha value is -0.900. The predicted molar refractivity (Wildman–Crippen MR) is 77.2 cm³/mol. The molecule has 0 spiro atoms. The van der Waals surface area contributed by atoms with Crippen LogP contribution in [0.3, 0.4) is 0 Å². The number of benzene rings is 1. The van der Waals surface area contributed by atoms with Gasteiger partial charge in [-0.25, -0.2) is 0 Å². The number of methoxy groups -OCH3 is 1. The van der Waals surface area contributed by atoms with Gasteiger partial charge in [-0.05, 0) is 31.9 Å². The Balaban J connectivity index is 2.04. The maximum atomic E-state index is 6.16. The number of rotatable bonds is 6. The molecule has 2 rings (SSSR count). The van der Waals surface area contributed by atoms with Crippen LogP contribution in [0.1, 0.15) is 31.4 Å². The van der Waals surface area contributed by atoms with E-state index in [-0.39, 0.29) is 12.2 Å². The summed E-state index contributed by atoms with van der Waals surface area (Å²) in [5.74, 6) is 0.556. The van der Waals surface area contributed by atoms with Crippen LogP contribution < -0.4 is 5.32 Å². The first-order valence-corrected chi connectivity index (χ1v) is 7.21. The van der Waals surface area contributed by atoms with Crippen LogP contribution in [0, 0.1) is 5.92 Å². The van der Waals surface area contributed by atoms with Gasteiger partial charge in [-0.1, -0.05) is 30.3 Å². The monoisotopic (exact) mass is 263 g/mol. The largest absolute Gasteiger partial charge is 0.379 e. The summed E-state index contributed by atoms with van der Waals surface area (Å²) in [4.78, 5) is 0. The number of nitrogens with one attached hydrogen (secondary N) is 1. The summed E-state index contributed by atoms with van der Waals surface area (Å²) in [6, 6.07) is 10.5. The van der Waals surface area contributed by atoms with E-state index in [4.69, 9.17) is 9.47 Å². The van der Waals surface area contributed by atoms with Crippen molar-refractivity contribution in [3.05, 3.63) is 35.9 Å². The SMILES string of the molecule is COC(C)COC(c1ccccc1)C1CCCNC1. The minimum atomic E-state index is 0.141. The fourth-order valence-electron chi connectivity index (χ4n) is 2.59. The Labute approximate surface area is 116 Å². The first-order chi connectivity index (χ1) is 9.31. The Morgan fingerprint density at radius 2 is 2.11 bits per heavy atom. The normalized spacial score (nSPS) is 22.9. The first kappa shape index (κ1) is 14.5. The van der Waals surface area contributed by atoms with E-state index in [1.807, 2.05) is 6.92 Å². The van der Waals surface area contributed by atoms with Crippen molar-refractivity contribution in [1.82, 2.24) is 5.32 Å². The minimum Gasteiger partial charge on any atom is -0.379 e. The number of hydrogen-bond donors (Lipinski definition) is 1. The topological polar surface area (TPSA) is 30.5 Å². The summed E-state index contributed by atoms with van der Waals surface area (Å²) < 4.78 is 11.4. The van der Waals surface area contributed by atoms with Crippen LogP contribution in [0.2, 0.25) is 0 Å². The van der Waals surface area contributed by atoms with Gasteiger partial charge in [0.2, 0.25) is 0 Å². The van der Waals surface area contributed by atoms with E-state index in [1.165, 1.54) is 18.4 Å². The molecule has 1 heterocycles. The molecule has 3 heteroatoms. The third-order valence-electron chi connectivity index (χ3n) is 3.80. The van der Waals surface area contributed by atoms with Crippen molar-refractivity contribution in [3.63, 3.8) is 0 Å². The van der Waals surface area contributed by atoms with Gasteiger partial charge in [0.25, 0.3) is 0 Å². The van der Waals surface area contributed by atoms with Gasteiger partial charge in [0, 0.05) is 19.6 Å². The molecule has 0 radical (unpaired) electrons. The molecular weight excluding hydrogens is 238 g/mol. The van der Waals surface area contributed by atoms with Crippen LogP contribution in [0.15, 0.2) is 30.3 Å². The highest BCUT2D eigenvalue weighted by Crippen LogP contribution is 2.30. The van der Waals surface area contributed by atoms with Gasteiger partial charge in [0.15, 0.2) is 0 Å². The van der Waals surface area contributed by atoms with Crippen molar-refractivity contribution in [2.75, 3.05) is 26.8 Å². The quantitative estimate of drug-likeness (QED) is 0.856. The second-order valence-electron chi connectivity index (χ2n) is 5.32. The molecule has 1 aliphatic heterocycles. The second kappa shape index (κ2) is 7.63. The van der Waals surface area contributed by atoms with Crippen molar-refractivity contribution >= 4 is 0 Å². The van der Waals surface area contributed by atoms with Gasteiger partial charge < -0.3 is 14.8 Å². The lowest BCUT2D eigenvalue weighted by Crippen LogP contribution is -2.35. The number of piperidine rings is 1. The predicted octanol–water partition coefficient (Wildman–Crippen LogP) is 2.78. The van der Waals surface area contributed by atoms with E-state index < -0.39 is 0 Å². The van der Waals surface area contributed by atoms with Gasteiger partial charge in [-0.15, -0.1) is 0 Å². The van der Waals surface area contributed by atoms with E-state index in [9.17, 15) is 0 Å². The van der Waals surface area contributed by atoms with Gasteiger partial charge in [0.05, 0.1) is 18.8 Å². The highest BCUT2D eigenvalue weighted by molar-refractivity contribution is 5.18. The van der Waals surface area contributed by atoms with E-state index in [1.54, 1.807) is 7.11 Å². The molecule has 0 bridgehead atoms. The molecule has 106 valence electrons. The number of hydrogen-bond acceptors (Lipinski definition) is 3. The van der Waals surface area contributed by atoms with Crippen molar-refractivity contribution in [2.45, 2.75) is 32.0 Å².